The number of amides is 1. The fraction of sp³-hybridized carbons (Fsp3) is 0.818. The van der Waals surface area contributed by atoms with Crippen molar-refractivity contribution in [3.8, 4) is 0 Å². The molecule has 0 atom stereocenters. The Labute approximate surface area is 121 Å². The summed E-state index contributed by atoms with van der Waals surface area (Å²) in [7, 11) is 3.54. The van der Waals surface area contributed by atoms with Gasteiger partial charge in [-0.2, -0.15) is 0 Å². The summed E-state index contributed by atoms with van der Waals surface area (Å²) >= 11 is 0. The maximum atomic E-state index is 11.3. The smallest absolute Gasteiger partial charge is 0.222 e. The molecule has 0 heterocycles. The number of carbonyl (C=O) groups excluding carboxylic acids is 1. The van der Waals surface area contributed by atoms with Crippen molar-refractivity contribution in [2.75, 3.05) is 33.7 Å². The Bertz CT molecular complexity index is 224. The van der Waals surface area contributed by atoms with Crippen LogP contribution in [0.4, 0.5) is 0 Å². The first-order valence-electron chi connectivity index (χ1n) is 5.84. The zero-order valence-corrected chi connectivity index (χ0v) is 13.6. The van der Waals surface area contributed by atoms with Crippen LogP contribution >= 0.6 is 24.0 Å². The van der Waals surface area contributed by atoms with Crippen LogP contribution in [-0.2, 0) is 4.79 Å². The minimum absolute atomic E-state index is 0. The van der Waals surface area contributed by atoms with E-state index in [0.29, 0.717) is 13.0 Å². The summed E-state index contributed by atoms with van der Waals surface area (Å²) in [5.41, 5.74) is 0. The van der Waals surface area contributed by atoms with E-state index in [1.807, 2.05) is 13.8 Å². The van der Waals surface area contributed by atoms with Crippen molar-refractivity contribution in [1.82, 2.24) is 15.5 Å². The molecule has 0 aromatic carbocycles. The number of hydrogen-bond donors (Lipinski definition) is 2. The Kier molecular flexibility index (Phi) is 13.2. The number of nitrogens with zero attached hydrogens (tertiary/aromatic N) is 2. The molecule has 17 heavy (non-hydrogen) atoms. The first-order chi connectivity index (χ1) is 7.61. The van der Waals surface area contributed by atoms with Gasteiger partial charge in [-0.1, -0.05) is 0 Å². The highest BCUT2D eigenvalue weighted by Gasteiger charge is 2.02. The molecule has 6 heteroatoms. The van der Waals surface area contributed by atoms with Crippen LogP contribution in [0, 0.1) is 0 Å². The molecule has 102 valence electrons. The van der Waals surface area contributed by atoms with Crippen molar-refractivity contribution < 1.29 is 4.79 Å². The third-order valence-corrected chi connectivity index (χ3v) is 2.01. The van der Waals surface area contributed by atoms with Gasteiger partial charge in [-0.3, -0.25) is 9.79 Å². The molecule has 2 N–H and O–H groups in total. The third kappa shape index (κ3) is 10.3. The van der Waals surface area contributed by atoms with E-state index in [2.05, 4.69) is 15.6 Å². The van der Waals surface area contributed by atoms with Crippen molar-refractivity contribution in [3.63, 3.8) is 0 Å². The van der Waals surface area contributed by atoms with Crippen LogP contribution in [0.15, 0.2) is 4.99 Å². The summed E-state index contributed by atoms with van der Waals surface area (Å²) in [6.45, 7) is 6.44. The van der Waals surface area contributed by atoms with Gasteiger partial charge in [0.05, 0.1) is 0 Å². The molecule has 0 aliphatic heterocycles. The Morgan fingerprint density at radius 1 is 1.18 bits per heavy atom. The molecule has 0 saturated heterocycles. The molecule has 0 radical (unpaired) electrons. The van der Waals surface area contributed by atoms with E-state index in [4.69, 9.17) is 0 Å². The standard InChI is InChI=1S/C11H24N4O.HI/c1-5-12-11(13-6-2)14-9-7-8-10(16)15(3)4;/h5-9H2,1-4H3,(H2,12,13,14);1H. The summed E-state index contributed by atoms with van der Waals surface area (Å²) in [5.74, 6) is 0.978. The first-order valence-corrected chi connectivity index (χ1v) is 5.84. The molecular weight excluding hydrogens is 331 g/mol. The van der Waals surface area contributed by atoms with Crippen molar-refractivity contribution >= 4 is 35.8 Å². The molecule has 0 bridgehead atoms. The Hall–Kier alpha value is -0.530. The highest BCUT2D eigenvalue weighted by molar-refractivity contribution is 14.0. The second-order valence-corrected chi connectivity index (χ2v) is 3.68. The van der Waals surface area contributed by atoms with Gasteiger partial charge in [0.25, 0.3) is 0 Å². The average molecular weight is 356 g/mol. The number of carbonyl (C=O) groups is 1. The molecule has 0 aromatic heterocycles. The molecule has 0 unspecified atom stereocenters. The van der Waals surface area contributed by atoms with Crippen LogP contribution in [0.5, 0.6) is 0 Å². The van der Waals surface area contributed by atoms with E-state index in [1.165, 1.54) is 0 Å². The maximum Gasteiger partial charge on any atom is 0.222 e. The van der Waals surface area contributed by atoms with Crippen LogP contribution in [-0.4, -0.2) is 50.5 Å². The normalized spacial score (nSPS) is 8.94. The van der Waals surface area contributed by atoms with Crippen LogP contribution in [0.1, 0.15) is 26.7 Å². The van der Waals surface area contributed by atoms with Crippen molar-refractivity contribution in [1.29, 1.82) is 0 Å². The minimum atomic E-state index is 0. The van der Waals surface area contributed by atoms with E-state index < -0.39 is 0 Å². The third-order valence-electron chi connectivity index (χ3n) is 2.01. The number of aliphatic imine (C=N–C) groups is 1. The predicted molar refractivity (Wildman–Crippen MR) is 83.0 cm³/mol. The van der Waals surface area contributed by atoms with Crippen LogP contribution < -0.4 is 10.6 Å². The molecule has 5 nitrogen and oxygen atoms in total. The maximum absolute atomic E-state index is 11.3. The molecule has 0 saturated carbocycles. The zero-order chi connectivity index (χ0) is 12.4. The van der Waals surface area contributed by atoms with Crippen LogP contribution in [0.2, 0.25) is 0 Å². The Morgan fingerprint density at radius 3 is 2.12 bits per heavy atom. The van der Waals surface area contributed by atoms with Gasteiger partial charge >= 0.3 is 0 Å². The van der Waals surface area contributed by atoms with Crippen LogP contribution in [0.25, 0.3) is 0 Å². The van der Waals surface area contributed by atoms with Gasteiger partial charge in [-0.15, -0.1) is 24.0 Å². The topological polar surface area (TPSA) is 56.7 Å². The SMILES string of the molecule is CCNC(=NCCCC(=O)N(C)C)NCC.I. The number of guanidine groups is 1. The lowest BCUT2D eigenvalue weighted by atomic mass is 10.3. The molecule has 0 aromatic rings. The lowest BCUT2D eigenvalue weighted by Crippen LogP contribution is -2.37. The van der Waals surface area contributed by atoms with E-state index in [-0.39, 0.29) is 29.9 Å². The minimum Gasteiger partial charge on any atom is -0.357 e. The largest absolute Gasteiger partial charge is 0.357 e. The molecule has 0 fully saturated rings. The molecule has 0 spiro atoms. The lowest BCUT2D eigenvalue weighted by Gasteiger charge is -2.10. The van der Waals surface area contributed by atoms with Gasteiger partial charge in [-0.25, -0.2) is 0 Å². The first kappa shape index (κ1) is 18.8. The van der Waals surface area contributed by atoms with Gasteiger partial charge in [0.1, 0.15) is 0 Å². The number of hydrogen-bond acceptors (Lipinski definition) is 2. The molecule has 0 aliphatic carbocycles. The molecule has 1 amide bonds. The summed E-state index contributed by atoms with van der Waals surface area (Å²) in [6.07, 6.45) is 1.35. The fourth-order valence-corrected chi connectivity index (χ4v) is 1.15. The summed E-state index contributed by atoms with van der Waals surface area (Å²) in [5, 5.41) is 6.28. The quantitative estimate of drug-likeness (QED) is 0.324. The summed E-state index contributed by atoms with van der Waals surface area (Å²) in [6, 6.07) is 0. The van der Waals surface area contributed by atoms with Crippen LogP contribution in [0.3, 0.4) is 0 Å². The molecular formula is C11H25IN4O. The second kappa shape index (κ2) is 11.9. The van der Waals surface area contributed by atoms with E-state index in [1.54, 1.807) is 19.0 Å². The second-order valence-electron chi connectivity index (χ2n) is 3.68. The van der Waals surface area contributed by atoms with Crippen molar-refractivity contribution in [2.45, 2.75) is 26.7 Å². The zero-order valence-electron chi connectivity index (χ0n) is 11.2. The number of halogens is 1. The monoisotopic (exact) mass is 356 g/mol. The van der Waals surface area contributed by atoms with Gasteiger partial charge in [0.2, 0.25) is 5.91 Å². The lowest BCUT2D eigenvalue weighted by molar-refractivity contribution is -0.128. The van der Waals surface area contributed by atoms with E-state index in [9.17, 15) is 4.79 Å². The van der Waals surface area contributed by atoms with Crippen molar-refractivity contribution in [3.05, 3.63) is 0 Å². The van der Waals surface area contributed by atoms with E-state index in [0.717, 1.165) is 25.5 Å². The fourth-order valence-electron chi connectivity index (χ4n) is 1.15. The Morgan fingerprint density at radius 2 is 1.71 bits per heavy atom. The van der Waals surface area contributed by atoms with Gasteiger partial charge in [-0.05, 0) is 20.3 Å². The highest BCUT2D eigenvalue weighted by atomic mass is 127. The van der Waals surface area contributed by atoms with Gasteiger partial charge in [0.15, 0.2) is 5.96 Å². The van der Waals surface area contributed by atoms with Gasteiger partial charge in [0, 0.05) is 40.2 Å². The molecule has 0 rings (SSSR count). The predicted octanol–water partition coefficient (Wildman–Crippen LogP) is 1.05. The highest BCUT2D eigenvalue weighted by Crippen LogP contribution is 1.93. The summed E-state index contributed by atoms with van der Waals surface area (Å²) in [4.78, 5) is 17.3. The van der Waals surface area contributed by atoms with Crippen molar-refractivity contribution in [2.24, 2.45) is 4.99 Å². The number of nitrogens with one attached hydrogen (secondary N) is 2. The summed E-state index contributed by atoms with van der Waals surface area (Å²) < 4.78 is 0. The van der Waals surface area contributed by atoms with E-state index >= 15 is 0 Å². The van der Waals surface area contributed by atoms with Gasteiger partial charge < -0.3 is 15.5 Å². The molecule has 0 aliphatic rings. The number of rotatable bonds is 6. The Balaban J connectivity index is 0. The average Bonchev–Trinajstić information content (AvgIpc) is 2.24.